The van der Waals surface area contributed by atoms with Crippen molar-refractivity contribution >= 4 is 5.91 Å². The van der Waals surface area contributed by atoms with Gasteiger partial charge in [-0.15, -0.1) is 10.2 Å². The number of imidazole rings is 1. The second kappa shape index (κ2) is 6.31. The first-order chi connectivity index (χ1) is 9.59. The Morgan fingerprint density at radius 3 is 2.80 bits per heavy atom. The van der Waals surface area contributed by atoms with Gasteiger partial charge < -0.3 is 14.5 Å². The maximum atomic E-state index is 12.0. The quantitative estimate of drug-likeness (QED) is 0.853. The highest BCUT2D eigenvalue weighted by atomic mass is 16.2. The Balaban J connectivity index is 1.84. The molecule has 7 heteroatoms. The Labute approximate surface area is 118 Å². The van der Waals surface area contributed by atoms with Gasteiger partial charge in [0.15, 0.2) is 0 Å². The SMILES string of the molecule is CC(C(=O)NCCc1nncn1C(C)C)n1ccnc1. The summed E-state index contributed by atoms with van der Waals surface area (Å²) in [5.74, 6) is 0.856. The first-order valence-electron chi connectivity index (χ1n) is 6.73. The molecule has 0 aliphatic heterocycles. The predicted molar refractivity (Wildman–Crippen MR) is 74.1 cm³/mol. The van der Waals surface area contributed by atoms with Crippen molar-refractivity contribution < 1.29 is 4.79 Å². The van der Waals surface area contributed by atoms with Gasteiger partial charge in [0.05, 0.1) is 6.33 Å². The molecule has 0 saturated heterocycles. The number of hydrogen-bond acceptors (Lipinski definition) is 4. The van der Waals surface area contributed by atoms with Crippen LogP contribution in [0.5, 0.6) is 0 Å². The second-order valence-electron chi connectivity index (χ2n) is 4.98. The molecule has 2 aromatic heterocycles. The summed E-state index contributed by atoms with van der Waals surface area (Å²) in [5.41, 5.74) is 0. The first-order valence-corrected chi connectivity index (χ1v) is 6.73. The molecule has 2 rings (SSSR count). The molecule has 0 fully saturated rings. The summed E-state index contributed by atoms with van der Waals surface area (Å²) in [5, 5.41) is 10.9. The summed E-state index contributed by atoms with van der Waals surface area (Å²) in [4.78, 5) is 15.9. The minimum atomic E-state index is -0.263. The number of hydrogen-bond donors (Lipinski definition) is 1. The number of carbonyl (C=O) groups excluding carboxylic acids is 1. The molecule has 0 aliphatic rings. The molecule has 1 N–H and O–H groups in total. The summed E-state index contributed by atoms with van der Waals surface area (Å²) < 4.78 is 3.78. The molecule has 0 aromatic carbocycles. The van der Waals surface area contributed by atoms with Gasteiger partial charge in [0.1, 0.15) is 18.2 Å². The Morgan fingerprint density at radius 2 is 2.15 bits per heavy atom. The van der Waals surface area contributed by atoms with Gasteiger partial charge in [0.2, 0.25) is 5.91 Å². The van der Waals surface area contributed by atoms with E-state index in [1.165, 1.54) is 0 Å². The Morgan fingerprint density at radius 1 is 1.35 bits per heavy atom. The molecule has 2 aromatic rings. The molecule has 20 heavy (non-hydrogen) atoms. The lowest BCUT2D eigenvalue weighted by Crippen LogP contribution is -2.32. The second-order valence-corrected chi connectivity index (χ2v) is 4.98. The monoisotopic (exact) mass is 276 g/mol. The molecule has 1 amide bonds. The number of rotatable bonds is 6. The van der Waals surface area contributed by atoms with Crippen molar-refractivity contribution in [3.63, 3.8) is 0 Å². The smallest absolute Gasteiger partial charge is 0.242 e. The average molecular weight is 276 g/mol. The van der Waals surface area contributed by atoms with E-state index in [1.807, 2.05) is 11.5 Å². The molecular formula is C13H20N6O. The third-order valence-corrected chi connectivity index (χ3v) is 3.20. The van der Waals surface area contributed by atoms with Crippen molar-refractivity contribution in [2.75, 3.05) is 6.54 Å². The standard InChI is InChI=1S/C13H20N6O/c1-10(2)19-9-16-17-12(19)4-5-15-13(20)11(3)18-7-6-14-8-18/h6-11H,4-5H2,1-3H3,(H,15,20). The van der Waals surface area contributed by atoms with Crippen LogP contribution in [0.2, 0.25) is 0 Å². The molecule has 1 atom stereocenters. The van der Waals surface area contributed by atoms with Crippen LogP contribution < -0.4 is 5.32 Å². The van der Waals surface area contributed by atoms with Crippen molar-refractivity contribution in [1.29, 1.82) is 0 Å². The van der Waals surface area contributed by atoms with Gasteiger partial charge in [-0.1, -0.05) is 0 Å². The van der Waals surface area contributed by atoms with Crippen molar-refractivity contribution in [3.8, 4) is 0 Å². The molecule has 1 unspecified atom stereocenters. The molecule has 7 nitrogen and oxygen atoms in total. The zero-order valence-electron chi connectivity index (χ0n) is 12.0. The molecule has 0 spiro atoms. The van der Waals surface area contributed by atoms with Crippen LogP contribution in [0.15, 0.2) is 25.0 Å². The van der Waals surface area contributed by atoms with Crippen LogP contribution in [0.25, 0.3) is 0 Å². The molecule has 108 valence electrons. The fourth-order valence-corrected chi connectivity index (χ4v) is 1.96. The lowest BCUT2D eigenvalue weighted by atomic mass is 10.3. The number of carbonyl (C=O) groups is 1. The van der Waals surface area contributed by atoms with E-state index in [-0.39, 0.29) is 11.9 Å². The molecule has 0 saturated carbocycles. The van der Waals surface area contributed by atoms with Gasteiger partial charge in [-0.05, 0) is 20.8 Å². The van der Waals surface area contributed by atoms with Crippen molar-refractivity contribution in [1.82, 2.24) is 29.6 Å². The zero-order chi connectivity index (χ0) is 14.5. The zero-order valence-corrected chi connectivity index (χ0v) is 12.0. The van der Waals surface area contributed by atoms with Crippen LogP contribution in [0.1, 0.15) is 38.7 Å². The molecule has 0 aliphatic carbocycles. The van der Waals surface area contributed by atoms with Crippen molar-refractivity contribution in [2.24, 2.45) is 0 Å². The van der Waals surface area contributed by atoms with Gasteiger partial charge in [-0.25, -0.2) is 4.98 Å². The van der Waals surface area contributed by atoms with Crippen LogP contribution >= 0.6 is 0 Å². The molecule has 0 bridgehead atoms. The average Bonchev–Trinajstić information content (AvgIpc) is 3.08. The number of aromatic nitrogens is 5. The maximum Gasteiger partial charge on any atom is 0.242 e. The third-order valence-electron chi connectivity index (χ3n) is 3.20. The fourth-order valence-electron chi connectivity index (χ4n) is 1.96. The van der Waals surface area contributed by atoms with Crippen LogP contribution in [0.4, 0.5) is 0 Å². The summed E-state index contributed by atoms with van der Waals surface area (Å²) in [6.07, 6.45) is 7.46. The lowest BCUT2D eigenvalue weighted by molar-refractivity contribution is -0.123. The third kappa shape index (κ3) is 3.23. The van der Waals surface area contributed by atoms with E-state index in [9.17, 15) is 4.79 Å². The summed E-state index contributed by atoms with van der Waals surface area (Å²) in [6.45, 7) is 6.54. The highest BCUT2D eigenvalue weighted by Crippen LogP contribution is 2.07. The minimum absolute atomic E-state index is 0.0291. The lowest BCUT2D eigenvalue weighted by Gasteiger charge is -2.14. The van der Waals surface area contributed by atoms with E-state index in [0.29, 0.717) is 19.0 Å². The molecule has 2 heterocycles. The minimum Gasteiger partial charge on any atom is -0.354 e. The predicted octanol–water partition coefficient (Wildman–Crippen LogP) is 0.975. The molecular weight excluding hydrogens is 256 g/mol. The van der Waals surface area contributed by atoms with Crippen LogP contribution in [0.3, 0.4) is 0 Å². The highest BCUT2D eigenvalue weighted by molar-refractivity contribution is 5.79. The van der Waals surface area contributed by atoms with E-state index in [2.05, 4.69) is 34.3 Å². The van der Waals surface area contributed by atoms with Crippen molar-refractivity contribution in [3.05, 3.63) is 30.9 Å². The van der Waals surface area contributed by atoms with Crippen LogP contribution in [-0.2, 0) is 11.2 Å². The summed E-state index contributed by atoms with van der Waals surface area (Å²) in [7, 11) is 0. The van der Waals surface area contributed by atoms with Crippen LogP contribution in [-0.4, -0.2) is 36.8 Å². The summed E-state index contributed by atoms with van der Waals surface area (Å²) in [6, 6.07) is 0.0565. The van der Waals surface area contributed by atoms with Crippen LogP contribution in [0, 0.1) is 0 Å². The Hall–Kier alpha value is -2.18. The van der Waals surface area contributed by atoms with E-state index in [1.54, 1.807) is 29.6 Å². The van der Waals surface area contributed by atoms with E-state index < -0.39 is 0 Å². The van der Waals surface area contributed by atoms with Gasteiger partial charge in [-0.3, -0.25) is 4.79 Å². The fraction of sp³-hybridized carbons (Fsp3) is 0.538. The largest absolute Gasteiger partial charge is 0.354 e. The number of amides is 1. The normalized spacial score (nSPS) is 12.6. The van der Waals surface area contributed by atoms with Gasteiger partial charge in [0, 0.05) is 31.4 Å². The van der Waals surface area contributed by atoms with Gasteiger partial charge in [-0.2, -0.15) is 0 Å². The number of nitrogens with zero attached hydrogens (tertiary/aromatic N) is 5. The summed E-state index contributed by atoms with van der Waals surface area (Å²) >= 11 is 0. The highest BCUT2D eigenvalue weighted by Gasteiger charge is 2.14. The van der Waals surface area contributed by atoms with E-state index in [4.69, 9.17) is 0 Å². The Kier molecular flexibility index (Phi) is 4.49. The Bertz CT molecular complexity index is 545. The first kappa shape index (κ1) is 14.2. The maximum absolute atomic E-state index is 12.0. The van der Waals surface area contributed by atoms with E-state index in [0.717, 1.165) is 5.82 Å². The van der Waals surface area contributed by atoms with Gasteiger partial charge in [0.25, 0.3) is 0 Å². The van der Waals surface area contributed by atoms with Gasteiger partial charge >= 0.3 is 0 Å². The number of nitrogens with one attached hydrogen (secondary N) is 1. The molecule has 0 radical (unpaired) electrons. The van der Waals surface area contributed by atoms with Crippen molar-refractivity contribution in [2.45, 2.75) is 39.3 Å². The van der Waals surface area contributed by atoms with E-state index >= 15 is 0 Å². The topological polar surface area (TPSA) is 77.6 Å².